The fraction of sp³-hybridized carbons (Fsp3) is 0.176. The summed E-state index contributed by atoms with van der Waals surface area (Å²) in [7, 11) is 1.60. The van der Waals surface area contributed by atoms with Gasteiger partial charge < -0.3 is 9.84 Å². The number of rotatable bonds is 5. The van der Waals surface area contributed by atoms with Crippen molar-refractivity contribution in [2.75, 3.05) is 7.11 Å². The number of nitrogens with one attached hydrogen (secondary N) is 1. The van der Waals surface area contributed by atoms with E-state index in [9.17, 15) is 9.90 Å². The molecule has 0 fully saturated rings. The van der Waals surface area contributed by atoms with Gasteiger partial charge in [-0.2, -0.15) is 5.10 Å². The van der Waals surface area contributed by atoms with E-state index in [1.54, 1.807) is 38.3 Å². The first kappa shape index (κ1) is 15.6. The molecule has 1 amide bonds. The largest absolute Gasteiger partial charge is 0.508 e. The van der Waals surface area contributed by atoms with Crippen molar-refractivity contribution >= 4 is 11.6 Å². The monoisotopic (exact) mass is 298 g/mol. The summed E-state index contributed by atoms with van der Waals surface area (Å²) in [6, 6.07) is 13.9. The minimum absolute atomic E-state index is 0.191. The number of methoxy groups -OCH3 is 1. The quantitative estimate of drug-likeness (QED) is 0.658. The van der Waals surface area contributed by atoms with E-state index >= 15 is 0 Å². The minimum atomic E-state index is -0.191. The molecule has 5 nitrogen and oxygen atoms in total. The first-order valence-electron chi connectivity index (χ1n) is 6.84. The average molecular weight is 298 g/mol. The lowest BCUT2D eigenvalue weighted by atomic mass is 10.1. The molecule has 0 aliphatic rings. The van der Waals surface area contributed by atoms with E-state index in [2.05, 4.69) is 10.5 Å². The number of amides is 1. The van der Waals surface area contributed by atoms with Gasteiger partial charge in [0, 0.05) is 0 Å². The number of aromatic hydroxyl groups is 1. The Balaban J connectivity index is 1.93. The summed E-state index contributed by atoms with van der Waals surface area (Å²) in [6.45, 7) is 1.79. The number of benzene rings is 2. The molecule has 22 heavy (non-hydrogen) atoms. The van der Waals surface area contributed by atoms with E-state index in [0.29, 0.717) is 5.71 Å². The molecule has 0 aliphatic heterocycles. The lowest BCUT2D eigenvalue weighted by Crippen LogP contribution is -2.21. The van der Waals surface area contributed by atoms with E-state index in [0.717, 1.165) is 16.9 Å². The Labute approximate surface area is 129 Å². The lowest BCUT2D eigenvalue weighted by Gasteiger charge is -2.04. The third kappa shape index (κ3) is 4.34. The van der Waals surface area contributed by atoms with E-state index in [1.807, 2.05) is 24.3 Å². The molecule has 0 atom stereocenters. The predicted octanol–water partition coefficient (Wildman–Crippen LogP) is 2.48. The standard InChI is InChI=1S/C17H18N2O3/c1-12(14-5-7-15(20)8-6-14)18-19-17(21)11-13-3-9-16(22-2)10-4-13/h3-10,20H,11H2,1-2H3,(H,19,21). The van der Waals surface area contributed by atoms with Crippen molar-refractivity contribution in [3.05, 3.63) is 59.7 Å². The maximum absolute atomic E-state index is 11.9. The van der Waals surface area contributed by atoms with Crippen molar-refractivity contribution < 1.29 is 14.6 Å². The molecule has 0 aromatic heterocycles. The number of hydrogen-bond donors (Lipinski definition) is 2. The Bertz CT molecular complexity index is 661. The first-order valence-corrected chi connectivity index (χ1v) is 6.84. The molecule has 0 radical (unpaired) electrons. The van der Waals surface area contributed by atoms with Crippen molar-refractivity contribution in [3.63, 3.8) is 0 Å². The summed E-state index contributed by atoms with van der Waals surface area (Å²) in [6.07, 6.45) is 0.246. The Morgan fingerprint density at radius 2 is 1.77 bits per heavy atom. The molecule has 0 unspecified atom stereocenters. The highest BCUT2D eigenvalue weighted by Crippen LogP contribution is 2.12. The van der Waals surface area contributed by atoms with Crippen LogP contribution in [0.4, 0.5) is 0 Å². The predicted molar refractivity (Wildman–Crippen MR) is 85.2 cm³/mol. The number of nitrogens with zero attached hydrogens (tertiary/aromatic N) is 1. The van der Waals surface area contributed by atoms with Crippen LogP contribution in [0.1, 0.15) is 18.1 Å². The van der Waals surface area contributed by atoms with Crippen LogP contribution in [0.15, 0.2) is 53.6 Å². The highest BCUT2D eigenvalue weighted by molar-refractivity contribution is 5.99. The van der Waals surface area contributed by atoms with Crippen molar-refractivity contribution in [3.8, 4) is 11.5 Å². The summed E-state index contributed by atoms with van der Waals surface area (Å²) in [4.78, 5) is 11.9. The molecule has 0 heterocycles. The zero-order valence-corrected chi connectivity index (χ0v) is 12.5. The molecule has 0 aliphatic carbocycles. The van der Waals surface area contributed by atoms with Crippen LogP contribution >= 0.6 is 0 Å². The van der Waals surface area contributed by atoms with Crippen LogP contribution in [-0.4, -0.2) is 23.8 Å². The van der Waals surface area contributed by atoms with Crippen molar-refractivity contribution in [1.29, 1.82) is 0 Å². The second kappa shape index (κ2) is 7.26. The van der Waals surface area contributed by atoms with Crippen molar-refractivity contribution in [2.24, 2.45) is 5.10 Å². The molecular formula is C17H18N2O3. The molecular weight excluding hydrogens is 280 g/mol. The van der Waals surface area contributed by atoms with Crippen LogP contribution in [0.5, 0.6) is 11.5 Å². The molecule has 5 heteroatoms. The fourth-order valence-corrected chi connectivity index (χ4v) is 1.88. The van der Waals surface area contributed by atoms with Crippen LogP contribution in [-0.2, 0) is 11.2 Å². The maximum atomic E-state index is 11.9. The van der Waals surface area contributed by atoms with E-state index in [-0.39, 0.29) is 18.1 Å². The zero-order valence-electron chi connectivity index (χ0n) is 12.5. The fourth-order valence-electron chi connectivity index (χ4n) is 1.88. The number of ether oxygens (including phenoxy) is 1. The van der Waals surface area contributed by atoms with Gasteiger partial charge in [-0.15, -0.1) is 0 Å². The number of phenols is 1. The van der Waals surface area contributed by atoms with E-state index in [4.69, 9.17) is 4.74 Å². The van der Waals surface area contributed by atoms with Gasteiger partial charge in [-0.1, -0.05) is 12.1 Å². The molecule has 2 rings (SSSR count). The van der Waals surface area contributed by atoms with E-state index in [1.165, 1.54) is 0 Å². The van der Waals surface area contributed by atoms with Gasteiger partial charge in [0.1, 0.15) is 11.5 Å². The molecule has 0 saturated carbocycles. The Morgan fingerprint density at radius 1 is 1.14 bits per heavy atom. The molecule has 2 N–H and O–H groups in total. The van der Waals surface area contributed by atoms with Crippen molar-refractivity contribution in [1.82, 2.24) is 5.43 Å². The van der Waals surface area contributed by atoms with Gasteiger partial charge in [0.25, 0.3) is 0 Å². The molecule has 0 spiro atoms. The van der Waals surface area contributed by atoms with E-state index < -0.39 is 0 Å². The van der Waals surface area contributed by atoms with Crippen LogP contribution < -0.4 is 10.2 Å². The maximum Gasteiger partial charge on any atom is 0.244 e. The Hall–Kier alpha value is -2.82. The third-order valence-corrected chi connectivity index (χ3v) is 3.16. The number of hydrazone groups is 1. The van der Waals surface area contributed by atoms with Gasteiger partial charge in [-0.25, -0.2) is 5.43 Å². The highest BCUT2D eigenvalue weighted by atomic mass is 16.5. The van der Waals surface area contributed by atoms with Gasteiger partial charge in [-0.05, 0) is 54.4 Å². The van der Waals surface area contributed by atoms with Crippen molar-refractivity contribution in [2.45, 2.75) is 13.3 Å². The van der Waals surface area contributed by atoms with Gasteiger partial charge in [-0.3, -0.25) is 4.79 Å². The zero-order chi connectivity index (χ0) is 15.9. The number of carbonyl (C=O) groups excluding carboxylic acids is 1. The average Bonchev–Trinajstić information content (AvgIpc) is 2.54. The molecule has 2 aromatic carbocycles. The molecule has 0 saturated heterocycles. The summed E-state index contributed by atoms with van der Waals surface area (Å²) in [5.74, 6) is 0.758. The smallest absolute Gasteiger partial charge is 0.244 e. The Morgan fingerprint density at radius 3 is 2.36 bits per heavy atom. The highest BCUT2D eigenvalue weighted by Gasteiger charge is 2.04. The normalized spacial score (nSPS) is 11.1. The summed E-state index contributed by atoms with van der Waals surface area (Å²) in [5.41, 5.74) is 4.92. The first-order chi connectivity index (χ1) is 10.6. The number of hydrogen-bond acceptors (Lipinski definition) is 4. The Kier molecular flexibility index (Phi) is 5.14. The molecule has 114 valence electrons. The van der Waals surface area contributed by atoms with Gasteiger partial charge in [0.2, 0.25) is 5.91 Å². The summed E-state index contributed by atoms with van der Waals surface area (Å²) in [5, 5.41) is 13.3. The number of phenolic OH excluding ortho intramolecular Hbond substituents is 1. The van der Waals surface area contributed by atoms with Gasteiger partial charge in [0.15, 0.2) is 0 Å². The topological polar surface area (TPSA) is 70.9 Å². The van der Waals surface area contributed by atoms with Crippen LogP contribution in [0.25, 0.3) is 0 Å². The minimum Gasteiger partial charge on any atom is -0.508 e. The van der Waals surface area contributed by atoms with Crippen LogP contribution in [0.2, 0.25) is 0 Å². The number of carbonyl (C=O) groups is 1. The third-order valence-electron chi connectivity index (χ3n) is 3.16. The van der Waals surface area contributed by atoms with Gasteiger partial charge >= 0.3 is 0 Å². The summed E-state index contributed by atoms with van der Waals surface area (Å²) >= 11 is 0. The molecule has 0 bridgehead atoms. The second-order valence-corrected chi connectivity index (χ2v) is 4.80. The molecule has 2 aromatic rings. The summed E-state index contributed by atoms with van der Waals surface area (Å²) < 4.78 is 5.07. The van der Waals surface area contributed by atoms with Gasteiger partial charge in [0.05, 0.1) is 19.2 Å². The SMILES string of the molecule is COc1ccc(CC(=O)NN=C(C)c2ccc(O)cc2)cc1. The lowest BCUT2D eigenvalue weighted by molar-refractivity contribution is -0.120. The van der Waals surface area contributed by atoms with Crippen LogP contribution in [0.3, 0.4) is 0 Å². The second-order valence-electron chi connectivity index (χ2n) is 4.80. The van der Waals surface area contributed by atoms with Crippen LogP contribution in [0, 0.1) is 0 Å².